The van der Waals surface area contributed by atoms with E-state index >= 15 is 0 Å². The minimum Gasteiger partial charge on any atom is -0.390 e. The van der Waals surface area contributed by atoms with E-state index in [1.165, 1.54) is 5.56 Å². The van der Waals surface area contributed by atoms with Crippen LogP contribution in [0.25, 0.3) is 0 Å². The molecule has 0 spiro atoms. The molecule has 0 saturated carbocycles. The van der Waals surface area contributed by atoms with Gasteiger partial charge in [-0.05, 0) is 23.8 Å². The van der Waals surface area contributed by atoms with Gasteiger partial charge in [0.15, 0.2) is 0 Å². The second-order valence-electron chi connectivity index (χ2n) is 7.25. The highest BCUT2D eigenvalue weighted by Crippen LogP contribution is 2.21. The van der Waals surface area contributed by atoms with Crippen molar-refractivity contribution >= 4 is 0 Å². The number of rotatable bonds is 3. The molecule has 0 radical (unpaired) electrons. The maximum absolute atomic E-state index is 10.6. The average Bonchev–Trinajstić information content (AvgIpc) is 3.09. The Hall–Kier alpha value is -2.16. The molecular weight excluding hydrogens is 336 g/mol. The Morgan fingerprint density at radius 3 is 2.48 bits per heavy atom. The molecule has 4 nitrogen and oxygen atoms in total. The second kappa shape index (κ2) is 8.69. The molecule has 2 aliphatic heterocycles. The molecule has 0 aliphatic carbocycles. The van der Waals surface area contributed by atoms with Crippen LogP contribution < -0.4 is 0 Å². The summed E-state index contributed by atoms with van der Waals surface area (Å²) in [4.78, 5) is 4.71. The smallest absolute Gasteiger partial charge is 0.0834 e. The highest BCUT2D eigenvalue weighted by Gasteiger charge is 2.36. The molecule has 2 aromatic rings. The number of aliphatic hydroxyl groups is 1. The van der Waals surface area contributed by atoms with Crippen molar-refractivity contribution in [2.24, 2.45) is 0 Å². The SMILES string of the molecule is O[C@@H]1CN(Cc2ccccc2C#Cc2ccccc2)C[C@H]1N1CCOCC1. The Morgan fingerprint density at radius 2 is 1.67 bits per heavy atom. The summed E-state index contributed by atoms with van der Waals surface area (Å²) in [5.74, 6) is 6.58. The first kappa shape index (κ1) is 18.2. The Morgan fingerprint density at radius 1 is 0.926 bits per heavy atom. The summed E-state index contributed by atoms with van der Waals surface area (Å²) in [6.07, 6.45) is -0.300. The van der Waals surface area contributed by atoms with Crippen molar-refractivity contribution in [3.63, 3.8) is 0 Å². The standard InChI is InChI=1S/C23H26N2O2/c26-23-18-24(17-22(23)25-12-14-27-15-13-25)16-21-9-5-4-8-20(21)11-10-19-6-2-1-3-7-19/h1-9,22-23,26H,12-18H2/t22-,23-/m1/s1. The zero-order valence-electron chi connectivity index (χ0n) is 15.6. The molecule has 0 aromatic heterocycles. The number of benzene rings is 2. The van der Waals surface area contributed by atoms with Gasteiger partial charge in [0.25, 0.3) is 0 Å². The third kappa shape index (κ3) is 4.58. The first-order valence-corrected chi connectivity index (χ1v) is 9.67. The fourth-order valence-corrected chi connectivity index (χ4v) is 3.93. The van der Waals surface area contributed by atoms with Gasteiger partial charge in [-0.25, -0.2) is 0 Å². The van der Waals surface area contributed by atoms with Gasteiger partial charge in [0.05, 0.1) is 19.3 Å². The van der Waals surface area contributed by atoms with Crippen LogP contribution in [0.4, 0.5) is 0 Å². The molecule has 0 unspecified atom stereocenters. The number of ether oxygens (including phenoxy) is 1. The van der Waals surface area contributed by atoms with Crippen molar-refractivity contribution in [3.8, 4) is 11.8 Å². The summed E-state index contributed by atoms with van der Waals surface area (Å²) in [6, 6.07) is 18.6. The molecule has 140 valence electrons. The molecule has 27 heavy (non-hydrogen) atoms. The Kier molecular flexibility index (Phi) is 5.86. The summed E-state index contributed by atoms with van der Waals surface area (Å²) in [5.41, 5.74) is 3.30. The van der Waals surface area contributed by atoms with Gasteiger partial charge in [0.1, 0.15) is 0 Å². The normalized spacial score (nSPS) is 23.7. The van der Waals surface area contributed by atoms with Gasteiger partial charge in [-0.2, -0.15) is 0 Å². The minimum atomic E-state index is -0.300. The molecule has 2 heterocycles. The molecule has 2 saturated heterocycles. The molecule has 2 atom stereocenters. The molecule has 1 N–H and O–H groups in total. The van der Waals surface area contributed by atoms with E-state index in [9.17, 15) is 5.11 Å². The quantitative estimate of drug-likeness (QED) is 0.847. The minimum absolute atomic E-state index is 0.205. The van der Waals surface area contributed by atoms with E-state index in [1.54, 1.807) is 0 Å². The second-order valence-corrected chi connectivity index (χ2v) is 7.25. The number of likely N-dealkylation sites (tertiary alicyclic amines) is 1. The fraction of sp³-hybridized carbons (Fsp3) is 0.391. The van der Waals surface area contributed by atoms with Crippen LogP contribution in [0.1, 0.15) is 16.7 Å². The third-order valence-corrected chi connectivity index (χ3v) is 5.38. The van der Waals surface area contributed by atoms with Crippen LogP contribution in [0, 0.1) is 11.8 Å². The molecule has 0 bridgehead atoms. The zero-order chi connectivity index (χ0) is 18.5. The van der Waals surface area contributed by atoms with E-state index in [0.29, 0.717) is 6.54 Å². The van der Waals surface area contributed by atoms with E-state index in [4.69, 9.17) is 4.74 Å². The highest BCUT2D eigenvalue weighted by molar-refractivity contribution is 5.46. The van der Waals surface area contributed by atoms with Crippen LogP contribution >= 0.6 is 0 Å². The van der Waals surface area contributed by atoms with Crippen LogP contribution in [0.3, 0.4) is 0 Å². The average molecular weight is 362 g/mol. The zero-order valence-corrected chi connectivity index (χ0v) is 15.6. The van der Waals surface area contributed by atoms with Gasteiger partial charge in [-0.3, -0.25) is 9.80 Å². The van der Waals surface area contributed by atoms with Gasteiger partial charge in [-0.1, -0.05) is 48.2 Å². The molecule has 4 heteroatoms. The highest BCUT2D eigenvalue weighted by atomic mass is 16.5. The summed E-state index contributed by atoms with van der Waals surface area (Å²) in [7, 11) is 0. The number of morpholine rings is 1. The topological polar surface area (TPSA) is 35.9 Å². The lowest BCUT2D eigenvalue weighted by Crippen LogP contribution is -2.48. The largest absolute Gasteiger partial charge is 0.390 e. The van der Waals surface area contributed by atoms with Gasteiger partial charge in [0.2, 0.25) is 0 Å². The Balaban J connectivity index is 1.45. The first-order valence-electron chi connectivity index (χ1n) is 9.67. The summed E-state index contributed by atoms with van der Waals surface area (Å²) < 4.78 is 5.44. The lowest BCUT2D eigenvalue weighted by atomic mass is 10.1. The lowest BCUT2D eigenvalue weighted by Gasteiger charge is -2.33. The third-order valence-electron chi connectivity index (χ3n) is 5.38. The number of aliphatic hydroxyl groups excluding tert-OH is 1. The molecule has 2 aliphatic rings. The van der Waals surface area contributed by atoms with E-state index < -0.39 is 0 Å². The van der Waals surface area contributed by atoms with Crippen molar-refractivity contribution in [1.29, 1.82) is 0 Å². The molecule has 4 rings (SSSR count). The van der Waals surface area contributed by atoms with Crippen LogP contribution in [-0.2, 0) is 11.3 Å². The van der Waals surface area contributed by atoms with Crippen molar-refractivity contribution < 1.29 is 9.84 Å². The summed E-state index contributed by atoms with van der Waals surface area (Å²) in [6.45, 7) is 5.77. The lowest BCUT2D eigenvalue weighted by molar-refractivity contribution is -0.00618. The Labute approximate surface area is 161 Å². The summed E-state index contributed by atoms with van der Waals surface area (Å²) >= 11 is 0. The van der Waals surface area contributed by atoms with Gasteiger partial charge < -0.3 is 9.84 Å². The number of hydrogen-bond acceptors (Lipinski definition) is 4. The number of nitrogens with zero attached hydrogens (tertiary/aromatic N) is 2. The predicted molar refractivity (Wildman–Crippen MR) is 106 cm³/mol. The van der Waals surface area contributed by atoms with E-state index in [1.807, 2.05) is 36.4 Å². The maximum atomic E-state index is 10.6. The molecule has 2 fully saturated rings. The van der Waals surface area contributed by atoms with Crippen LogP contribution in [0.15, 0.2) is 54.6 Å². The number of hydrogen-bond donors (Lipinski definition) is 1. The van der Waals surface area contributed by atoms with Crippen molar-refractivity contribution in [1.82, 2.24) is 9.80 Å². The predicted octanol–water partition coefficient (Wildman–Crippen LogP) is 1.96. The van der Waals surface area contributed by atoms with Crippen LogP contribution in [0.5, 0.6) is 0 Å². The van der Waals surface area contributed by atoms with Crippen molar-refractivity contribution in [2.75, 3.05) is 39.4 Å². The van der Waals surface area contributed by atoms with Gasteiger partial charge in [0, 0.05) is 49.9 Å². The van der Waals surface area contributed by atoms with Crippen LogP contribution in [0.2, 0.25) is 0 Å². The summed E-state index contributed by atoms with van der Waals surface area (Å²) in [5, 5.41) is 10.6. The van der Waals surface area contributed by atoms with Gasteiger partial charge in [-0.15, -0.1) is 0 Å². The molecule has 2 aromatic carbocycles. The van der Waals surface area contributed by atoms with Crippen LogP contribution in [-0.4, -0.2) is 66.4 Å². The van der Waals surface area contributed by atoms with Gasteiger partial charge >= 0.3 is 0 Å². The first-order chi connectivity index (χ1) is 13.3. The number of β-amino-alcohol motifs (C(OH)–C–C–N with tert-alkyl or cyclic N) is 1. The molecular formula is C23H26N2O2. The van der Waals surface area contributed by atoms with Crippen molar-refractivity contribution in [3.05, 3.63) is 71.3 Å². The Bertz CT molecular complexity index is 806. The van der Waals surface area contributed by atoms with Crippen molar-refractivity contribution in [2.45, 2.75) is 18.7 Å². The van der Waals surface area contributed by atoms with E-state index in [-0.39, 0.29) is 12.1 Å². The monoisotopic (exact) mass is 362 g/mol. The van der Waals surface area contributed by atoms with E-state index in [2.05, 4.69) is 39.8 Å². The molecule has 0 amide bonds. The fourth-order valence-electron chi connectivity index (χ4n) is 3.93. The maximum Gasteiger partial charge on any atom is 0.0834 e. The van der Waals surface area contributed by atoms with E-state index in [0.717, 1.165) is 50.5 Å².